The van der Waals surface area contributed by atoms with Gasteiger partial charge in [0.2, 0.25) is 5.91 Å². The lowest BCUT2D eigenvalue weighted by atomic mass is 9.97. The largest absolute Gasteiger partial charge is 0.354 e. The number of hydrogen-bond donors (Lipinski definition) is 1. The first kappa shape index (κ1) is 21.2. The summed E-state index contributed by atoms with van der Waals surface area (Å²) in [4.78, 5) is 38.8. The van der Waals surface area contributed by atoms with Crippen molar-refractivity contribution in [3.05, 3.63) is 73.5 Å². The second kappa shape index (κ2) is 9.01. The Kier molecular flexibility index (Phi) is 6.18. The third kappa shape index (κ3) is 4.39. The molecule has 3 aromatic rings. The Hall–Kier alpha value is -3.00. The van der Waals surface area contributed by atoms with Crippen molar-refractivity contribution in [3.63, 3.8) is 0 Å². The minimum atomic E-state index is -0.615. The fourth-order valence-corrected chi connectivity index (χ4v) is 4.84. The summed E-state index contributed by atoms with van der Waals surface area (Å²) in [6.45, 7) is 1.97. The van der Waals surface area contributed by atoms with Crippen molar-refractivity contribution in [2.24, 2.45) is 0 Å². The molecule has 0 unspecified atom stereocenters. The summed E-state index contributed by atoms with van der Waals surface area (Å²) in [6.07, 6.45) is 7.64. The third-order valence-corrected chi connectivity index (χ3v) is 6.50. The highest BCUT2D eigenvalue weighted by Gasteiger charge is 2.18. The van der Waals surface area contributed by atoms with Crippen LogP contribution in [0.25, 0.3) is 15.9 Å². The standard InChI is InChI=1S/C23H24FN3O3S/c1-15-13-17(24)7-8-18(15)27-22(29)21-19(10-12-31-21)26(23(27)30)14-20(28)25-11-9-16-5-3-2-4-6-16/h5,7-8,10,12-13H,2-4,6,9,11,14H2,1H3,(H,25,28). The van der Waals surface area contributed by atoms with E-state index in [0.29, 0.717) is 28.0 Å². The zero-order valence-electron chi connectivity index (χ0n) is 17.3. The molecule has 1 aliphatic rings. The summed E-state index contributed by atoms with van der Waals surface area (Å²) < 4.78 is 16.3. The SMILES string of the molecule is Cc1cc(F)ccc1-n1c(=O)c2sccc2n(CC(=O)NCCC2=CCCCC2)c1=O. The van der Waals surface area contributed by atoms with E-state index in [2.05, 4.69) is 11.4 Å². The first-order valence-electron chi connectivity index (χ1n) is 10.4. The number of carbonyl (C=O) groups is 1. The van der Waals surface area contributed by atoms with Gasteiger partial charge >= 0.3 is 5.69 Å². The number of benzene rings is 1. The monoisotopic (exact) mass is 441 g/mol. The van der Waals surface area contributed by atoms with Crippen LogP contribution in [0, 0.1) is 12.7 Å². The summed E-state index contributed by atoms with van der Waals surface area (Å²) in [5.74, 6) is -0.730. The Morgan fingerprint density at radius 2 is 2.06 bits per heavy atom. The Morgan fingerprint density at radius 1 is 1.23 bits per heavy atom. The van der Waals surface area contributed by atoms with Gasteiger partial charge in [0.15, 0.2) is 0 Å². The number of hydrogen-bond acceptors (Lipinski definition) is 4. The van der Waals surface area contributed by atoms with Crippen molar-refractivity contribution < 1.29 is 9.18 Å². The van der Waals surface area contributed by atoms with E-state index in [-0.39, 0.29) is 12.5 Å². The fourth-order valence-electron chi connectivity index (χ4n) is 4.02. The van der Waals surface area contributed by atoms with Gasteiger partial charge in [-0.3, -0.25) is 14.2 Å². The molecule has 0 radical (unpaired) electrons. The molecular formula is C23H24FN3O3S. The number of halogens is 1. The van der Waals surface area contributed by atoms with Crippen LogP contribution >= 0.6 is 11.3 Å². The lowest BCUT2D eigenvalue weighted by Crippen LogP contribution is -2.41. The van der Waals surface area contributed by atoms with Crippen molar-refractivity contribution in [2.75, 3.05) is 6.54 Å². The molecule has 0 fully saturated rings. The number of nitrogens with one attached hydrogen (secondary N) is 1. The van der Waals surface area contributed by atoms with Gasteiger partial charge in [-0.25, -0.2) is 13.8 Å². The van der Waals surface area contributed by atoms with Gasteiger partial charge in [0.05, 0.1) is 11.2 Å². The Bertz CT molecular complexity index is 1290. The van der Waals surface area contributed by atoms with Gasteiger partial charge in [-0.2, -0.15) is 0 Å². The van der Waals surface area contributed by atoms with Gasteiger partial charge < -0.3 is 5.32 Å². The zero-order valence-corrected chi connectivity index (χ0v) is 18.1. The molecule has 0 spiro atoms. The van der Waals surface area contributed by atoms with E-state index in [0.717, 1.165) is 23.8 Å². The van der Waals surface area contributed by atoms with Crippen LogP contribution in [0.1, 0.15) is 37.7 Å². The van der Waals surface area contributed by atoms with Gasteiger partial charge in [-0.1, -0.05) is 11.6 Å². The van der Waals surface area contributed by atoms with E-state index >= 15 is 0 Å². The quantitative estimate of drug-likeness (QED) is 0.594. The Balaban J connectivity index is 1.64. The van der Waals surface area contributed by atoms with E-state index < -0.39 is 17.1 Å². The van der Waals surface area contributed by atoms with Crippen LogP contribution in [0.5, 0.6) is 0 Å². The zero-order chi connectivity index (χ0) is 22.0. The number of aromatic nitrogens is 2. The highest BCUT2D eigenvalue weighted by atomic mass is 32.1. The molecule has 8 heteroatoms. The van der Waals surface area contributed by atoms with E-state index in [1.165, 1.54) is 52.5 Å². The van der Waals surface area contributed by atoms with E-state index in [1.807, 2.05) is 0 Å². The maximum atomic E-state index is 13.5. The van der Waals surface area contributed by atoms with E-state index in [1.54, 1.807) is 18.4 Å². The second-order valence-corrected chi connectivity index (χ2v) is 8.70. The minimum Gasteiger partial charge on any atom is -0.354 e. The molecule has 6 nitrogen and oxygen atoms in total. The van der Waals surface area contributed by atoms with Gasteiger partial charge in [-0.05, 0) is 74.2 Å². The molecule has 1 aromatic carbocycles. The molecule has 1 aliphatic carbocycles. The molecule has 2 heterocycles. The Labute approximate surface area is 182 Å². The summed E-state index contributed by atoms with van der Waals surface area (Å²) in [5.41, 5.74) is 1.49. The lowest BCUT2D eigenvalue weighted by Gasteiger charge is -2.15. The van der Waals surface area contributed by atoms with Crippen molar-refractivity contribution in [3.8, 4) is 5.69 Å². The van der Waals surface area contributed by atoms with Crippen LogP contribution in [0.3, 0.4) is 0 Å². The number of aryl methyl sites for hydroxylation is 1. The molecule has 0 atom stereocenters. The minimum absolute atomic E-state index is 0.189. The van der Waals surface area contributed by atoms with Crippen LogP contribution in [-0.2, 0) is 11.3 Å². The number of fused-ring (bicyclic) bond motifs is 1. The van der Waals surface area contributed by atoms with Crippen LogP contribution in [0.2, 0.25) is 0 Å². The summed E-state index contributed by atoms with van der Waals surface area (Å²) in [7, 11) is 0. The molecule has 4 rings (SSSR count). The van der Waals surface area contributed by atoms with Crippen molar-refractivity contribution >= 4 is 27.5 Å². The summed E-state index contributed by atoms with van der Waals surface area (Å²) >= 11 is 1.21. The predicted molar refractivity (Wildman–Crippen MR) is 121 cm³/mol. The highest BCUT2D eigenvalue weighted by molar-refractivity contribution is 7.17. The molecule has 0 bridgehead atoms. The number of amides is 1. The normalized spacial score (nSPS) is 13.9. The molecule has 31 heavy (non-hydrogen) atoms. The molecular weight excluding hydrogens is 417 g/mol. The predicted octanol–water partition coefficient (Wildman–Crippen LogP) is 3.67. The third-order valence-electron chi connectivity index (χ3n) is 5.61. The summed E-state index contributed by atoms with van der Waals surface area (Å²) in [6, 6.07) is 5.57. The number of nitrogens with zero attached hydrogens (tertiary/aromatic N) is 2. The molecule has 2 aromatic heterocycles. The second-order valence-electron chi connectivity index (χ2n) is 7.78. The van der Waals surface area contributed by atoms with Crippen molar-refractivity contribution in [2.45, 2.75) is 45.6 Å². The average Bonchev–Trinajstić information content (AvgIpc) is 3.24. The molecule has 162 valence electrons. The maximum absolute atomic E-state index is 13.5. The topological polar surface area (TPSA) is 73.1 Å². The number of carbonyl (C=O) groups excluding carboxylic acids is 1. The number of allylic oxidation sites excluding steroid dienone is 1. The fraction of sp³-hybridized carbons (Fsp3) is 0.348. The van der Waals surface area contributed by atoms with Gasteiger partial charge in [0, 0.05) is 6.54 Å². The van der Waals surface area contributed by atoms with Crippen LogP contribution in [0.15, 0.2) is 50.9 Å². The smallest absolute Gasteiger partial charge is 0.336 e. The molecule has 1 amide bonds. The van der Waals surface area contributed by atoms with Crippen LogP contribution < -0.4 is 16.6 Å². The maximum Gasteiger partial charge on any atom is 0.336 e. The molecule has 0 saturated heterocycles. The lowest BCUT2D eigenvalue weighted by molar-refractivity contribution is -0.121. The summed E-state index contributed by atoms with van der Waals surface area (Å²) in [5, 5.41) is 4.60. The van der Waals surface area contributed by atoms with E-state index in [4.69, 9.17) is 0 Å². The first-order chi connectivity index (χ1) is 15.0. The van der Waals surface area contributed by atoms with E-state index in [9.17, 15) is 18.8 Å². The average molecular weight is 442 g/mol. The van der Waals surface area contributed by atoms with Gasteiger partial charge in [-0.15, -0.1) is 11.3 Å². The number of thiophene rings is 1. The first-order valence-corrected chi connectivity index (χ1v) is 11.3. The molecule has 1 N–H and O–H groups in total. The van der Waals surface area contributed by atoms with Crippen LogP contribution in [0.4, 0.5) is 4.39 Å². The van der Waals surface area contributed by atoms with Crippen molar-refractivity contribution in [1.29, 1.82) is 0 Å². The van der Waals surface area contributed by atoms with Crippen LogP contribution in [-0.4, -0.2) is 21.6 Å². The Morgan fingerprint density at radius 3 is 2.81 bits per heavy atom. The highest BCUT2D eigenvalue weighted by Crippen LogP contribution is 2.20. The molecule has 0 aliphatic heterocycles. The van der Waals surface area contributed by atoms with Gasteiger partial charge in [0.25, 0.3) is 5.56 Å². The number of rotatable bonds is 6. The molecule has 0 saturated carbocycles. The van der Waals surface area contributed by atoms with Crippen molar-refractivity contribution in [1.82, 2.24) is 14.5 Å². The van der Waals surface area contributed by atoms with Gasteiger partial charge in [0.1, 0.15) is 17.1 Å².